The highest BCUT2D eigenvalue weighted by atomic mass is 14.8. The van der Waals surface area contributed by atoms with Gasteiger partial charge in [-0.2, -0.15) is 0 Å². The smallest absolute Gasteiger partial charge is 0.0129 e. The van der Waals surface area contributed by atoms with Crippen LogP contribution in [0.1, 0.15) is 27.7 Å². The Morgan fingerprint density at radius 2 is 1.56 bits per heavy atom. The van der Waals surface area contributed by atoms with E-state index in [0.717, 1.165) is 6.54 Å². The molecule has 0 bridgehead atoms. The first-order valence-corrected chi connectivity index (χ1v) is 3.67. The lowest BCUT2D eigenvalue weighted by Gasteiger charge is -1.79. The van der Waals surface area contributed by atoms with Crippen molar-refractivity contribution < 1.29 is 0 Å². The lowest BCUT2D eigenvalue weighted by atomic mass is 10.6. The van der Waals surface area contributed by atoms with Gasteiger partial charge in [-0.15, -0.1) is 6.58 Å². The van der Waals surface area contributed by atoms with Crippen LogP contribution < -0.4 is 5.32 Å². The zero-order valence-corrected chi connectivity index (χ0v) is 7.49. The van der Waals surface area contributed by atoms with Crippen LogP contribution in [-0.2, 0) is 0 Å². The van der Waals surface area contributed by atoms with Gasteiger partial charge in [0, 0.05) is 6.54 Å². The fourth-order valence-corrected chi connectivity index (χ4v) is 0.144. The fraction of sp³-hybridized carbons (Fsp3) is 0.750. The molecule has 1 nitrogen and oxygen atoms in total. The van der Waals surface area contributed by atoms with E-state index in [1.807, 2.05) is 40.8 Å². The molecule has 0 unspecified atom stereocenters. The van der Waals surface area contributed by atoms with Crippen molar-refractivity contribution in [3.8, 4) is 0 Å². The Labute approximate surface area is 60.2 Å². The predicted octanol–water partition coefficient (Wildman–Crippen LogP) is 2.44. The van der Waals surface area contributed by atoms with Gasteiger partial charge in [0.15, 0.2) is 0 Å². The van der Waals surface area contributed by atoms with Crippen molar-refractivity contribution in [2.45, 2.75) is 27.7 Å². The van der Waals surface area contributed by atoms with E-state index in [4.69, 9.17) is 0 Å². The summed E-state index contributed by atoms with van der Waals surface area (Å²) in [5.41, 5.74) is 0. The molecule has 1 heteroatoms. The van der Waals surface area contributed by atoms with Crippen LogP contribution in [0.4, 0.5) is 0 Å². The third-order valence-corrected chi connectivity index (χ3v) is 0.348. The maximum Gasteiger partial charge on any atom is 0.0129 e. The van der Waals surface area contributed by atoms with E-state index in [1.54, 1.807) is 0 Å². The van der Waals surface area contributed by atoms with E-state index < -0.39 is 0 Å². The van der Waals surface area contributed by atoms with Crippen molar-refractivity contribution >= 4 is 0 Å². The number of hydrogen-bond donors (Lipinski definition) is 1. The third-order valence-electron chi connectivity index (χ3n) is 0.348. The van der Waals surface area contributed by atoms with E-state index in [2.05, 4.69) is 11.9 Å². The molecule has 0 fully saturated rings. The molecule has 0 rings (SSSR count). The molecular formula is C8H21N. The van der Waals surface area contributed by atoms with Crippen molar-refractivity contribution in [1.82, 2.24) is 5.32 Å². The van der Waals surface area contributed by atoms with Crippen LogP contribution in [0.25, 0.3) is 0 Å². The van der Waals surface area contributed by atoms with Crippen LogP contribution in [0.2, 0.25) is 0 Å². The minimum Gasteiger partial charge on any atom is -0.316 e. The summed E-state index contributed by atoms with van der Waals surface area (Å²) in [5, 5.41) is 2.90. The van der Waals surface area contributed by atoms with Gasteiger partial charge in [0.25, 0.3) is 0 Å². The Balaban J connectivity index is -0.0000000771. The molecule has 0 amide bonds. The normalized spacial score (nSPS) is 5.44. The van der Waals surface area contributed by atoms with Crippen LogP contribution in [-0.4, -0.2) is 13.6 Å². The summed E-state index contributed by atoms with van der Waals surface area (Å²) in [6, 6.07) is 0. The van der Waals surface area contributed by atoms with Crippen molar-refractivity contribution in [2.75, 3.05) is 13.6 Å². The average Bonchev–Trinajstić information content (AvgIpc) is 1.98. The van der Waals surface area contributed by atoms with Crippen LogP contribution in [0.15, 0.2) is 12.7 Å². The van der Waals surface area contributed by atoms with Gasteiger partial charge in [0.2, 0.25) is 0 Å². The molecule has 0 atom stereocenters. The largest absolute Gasteiger partial charge is 0.316 e. The molecular weight excluding hydrogens is 110 g/mol. The third kappa shape index (κ3) is 86.6. The SMILES string of the molecule is C=CCNC.CC.CC. The van der Waals surface area contributed by atoms with E-state index in [9.17, 15) is 0 Å². The van der Waals surface area contributed by atoms with Crippen LogP contribution in [0, 0.1) is 0 Å². The fourth-order valence-electron chi connectivity index (χ4n) is 0.144. The predicted molar refractivity (Wildman–Crippen MR) is 46.8 cm³/mol. The Kier molecular flexibility index (Phi) is 83.6. The summed E-state index contributed by atoms with van der Waals surface area (Å²) in [5.74, 6) is 0. The molecule has 0 radical (unpaired) electrons. The summed E-state index contributed by atoms with van der Waals surface area (Å²) in [4.78, 5) is 0. The van der Waals surface area contributed by atoms with Gasteiger partial charge in [-0.25, -0.2) is 0 Å². The Hall–Kier alpha value is -0.300. The molecule has 0 aliphatic heterocycles. The van der Waals surface area contributed by atoms with Gasteiger partial charge >= 0.3 is 0 Å². The highest BCUT2D eigenvalue weighted by Gasteiger charge is 1.56. The van der Waals surface area contributed by atoms with Gasteiger partial charge in [-0.1, -0.05) is 33.8 Å². The van der Waals surface area contributed by atoms with Crippen molar-refractivity contribution in [3.63, 3.8) is 0 Å². The first-order chi connectivity index (χ1) is 4.41. The maximum atomic E-state index is 3.49. The van der Waals surface area contributed by atoms with Gasteiger partial charge in [0.1, 0.15) is 0 Å². The summed E-state index contributed by atoms with van der Waals surface area (Å²) in [6.07, 6.45) is 1.82. The molecule has 0 aromatic carbocycles. The highest BCUT2D eigenvalue weighted by molar-refractivity contribution is 4.66. The van der Waals surface area contributed by atoms with Gasteiger partial charge in [-0.3, -0.25) is 0 Å². The monoisotopic (exact) mass is 131 g/mol. The van der Waals surface area contributed by atoms with Crippen LogP contribution in [0.5, 0.6) is 0 Å². The molecule has 0 spiro atoms. The Morgan fingerprint density at radius 1 is 1.22 bits per heavy atom. The second-order valence-corrected chi connectivity index (χ2v) is 0.846. The lowest BCUT2D eigenvalue weighted by Crippen LogP contribution is -2.02. The summed E-state index contributed by atoms with van der Waals surface area (Å²) >= 11 is 0. The second-order valence-electron chi connectivity index (χ2n) is 0.846. The number of hydrogen-bond acceptors (Lipinski definition) is 1. The average molecular weight is 131 g/mol. The van der Waals surface area contributed by atoms with Gasteiger partial charge in [0.05, 0.1) is 0 Å². The van der Waals surface area contributed by atoms with Crippen LogP contribution in [0.3, 0.4) is 0 Å². The first kappa shape index (κ1) is 15.9. The topological polar surface area (TPSA) is 12.0 Å². The van der Waals surface area contributed by atoms with Gasteiger partial charge in [-0.05, 0) is 7.05 Å². The molecule has 0 saturated heterocycles. The van der Waals surface area contributed by atoms with E-state index in [-0.39, 0.29) is 0 Å². The summed E-state index contributed by atoms with van der Waals surface area (Å²) in [7, 11) is 1.89. The number of nitrogens with one attached hydrogen (secondary N) is 1. The molecule has 9 heavy (non-hydrogen) atoms. The number of rotatable bonds is 2. The maximum absolute atomic E-state index is 3.49. The Morgan fingerprint density at radius 3 is 1.56 bits per heavy atom. The number of likely N-dealkylation sites (N-methyl/N-ethyl adjacent to an activating group) is 1. The van der Waals surface area contributed by atoms with E-state index >= 15 is 0 Å². The van der Waals surface area contributed by atoms with Crippen molar-refractivity contribution in [3.05, 3.63) is 12.7 Å². The minimum absolute atomic E-state index is 0.903. The molecule has 1 N–H and O–H groups in total. The van der Waals surface area contributed by atoms with Crippen molar-refractivity contribution in [2.24, 2.45) is 0 Å². The van der Waals surface area contributed by atoms with Crippen LogP contribution >= 0.6 is 0 Å². The molecule has 58 valence electrons. The zero-order chi connectivity index (χ0) is 8.12. The Bertz CT molecular complexity index is 25.7. The highest BCUT2D eigenvalue weighted by Crippen LogP contribution is 1.48. The second kappa shape index (κ2) is 47.4. The molecule has 0 aliphatic carbocycles. The zero-order valence-electron chi connectivity index (χ0n) is 7.49. The molecule has 0 aromatic rings. The molecule has 0 heterocycles. The van der Waals surface area contributed by atoms with Crippen molar-refractivity contribution in [1.29, 1.82) is 0 Å². The molecule has 0 aromatic heterocycles. The van der Waals surface area contributed by atoms with E-state index in [0.29, 0.717) is 0 Å². The quantitative estimate of drug-likeness (QED) is 0.568. The minimum atomic E-state index is 0.903. The summed E-state index contributed by atoms with van der Waals surface area (Å²) < 4.78 is 0. The standard InChI is InChI=1S/C4H9N.2C2H6/c1-3-4-5-2;2*1-2/h3,5H,1,4H2,2H3;2*1-2H3. The molecule has 0 saturated carbocycles. The summed E-state index contributed by atoms with van der Waals surface area (Å²) in [6.45, 7) is 12.4. The van der Waals surface area contributed by atoms with E-state index in [1.165, 1.54) is 0 Å². The first-order valence-electron chi connectivity index (χ1n) is 3.67. The van der Waals surface area contributed by atoms with Gasteiger partial charge < -0.3 is 5.32 Å². The lowest BCUT2D eigenvalue weighted by molar-refractivity contribution is 0.921. The molecule has 0 aliphatic rings.